The maximum absolute atomic E-state index is 12.4. The third-order valence-electron chi connectivity index (χ3n) is 38.2. The molecule has 0 aliphatic heterocycles. The maximum Gasteiger partial charge on any atom is 0.312 e. The predicted octanol–water partition coefficient (Wildman–Crippen LogP) is 34.0. The van der Waals surface area contributed by atoms with Crippen molar-refractivity contribution in [3.05, 3.63) is 0 Å². The molecule has 0 amide bonds. The van der Waals surface area contributed by atoms with Crippen LogP contribution in [0.4, 0.5) is 0 Å². The molecule has 0 aromatic heterocycles. The average Bonchev–Trinajstić information content (AvgIpc) is 1.57. The van der Waals surface area contributed by atoms with Gasteiger partial charge in [0.25, 0.3) is 0 Å². The first-order valence-corrected chi connectivity index (χ1v) is 51.9. The predicted molar refractivity (Wildman–Crippen MR) is 557 cm³/mol. The lowest BCUT2D eigenvalue weighted by atomic mass is 9.63. The van der Waals surface area contributed by atoms with Gasteiger partial charge in [-0.3, -0.25) is 33.6 Å². The van der Waals surface area contributed by atoms with Crippen LogP contribution in [0.3, 0.4) is 0 Å². The molecule has 0 spiro atoms. The molecule has 10 bridgehead atoms. The first-order valence-electron chi connectivity index (χ1n) is 51.9. The molecular weight excluding hydrogens is 1640 g/mol. The van der Waals surface area contributed by atoms with Crippen molar-refractivity contribution in [2.45, 2.75) is 569 Å². The van der Waals surface area contributed by atoms with Crippen LogP contribution in [0.15, 0.2) is 0 Å². The molecule has 16 aliphatic carbocycles. The van der Waals surface area contributed by atoms with Crippen LogP contribution in [-0.2, 0) is 66.7 Å². The standard InChI is InChI=1S/C17H28O2.C17H30O2.C16H26O2.C16H28O2.C15H26O2.C14H24O2.C13H22O2.10CH4/c1-5-16(2,3)15(18)19-17(4)10-11-9-14(17)13-8-6-7-12(11)13;1-5-16(2,3)15(18)19-17(4)12-8-10-13-9-6-7-11-14(13)17;1-4-10(2)15(17)18-16(3)9-11-8-14(16)13-7-5-6-12(11)13;1-4-12(2)15(17)18-16(3)11-7-9-13-8-5-6-10-14(13)16;1-5-14(3,4)13(16)17-15(6-2)10-11-7-8-12(15)9-11;1-5-13(2,3)12(15)16-14(4)9-10-6-7-11(14)8-10;1-4-9(2)12(14)15-13(3)8-10-5-6-11(13)7-10;;;;;;;;;;/h11-14H,5-10H2,1-4H3;13-14H,5-12H2,1-4H3;10-14H,4-9H2,1-3H3;12-14H,4-11H2,1-3H3;11-12H,5-10H2,1-4H3;10-11H,5-9H2,1-4H3;9-11H,4-8H2,1-3H3;10*1H4. The minimum absolute atomic E-state index is 0. The van der Waals surface area contributed by atoms with Crippen molar-refractivity contribution < 1.29 is 66.7 Å². The number of rotatable bonds is 22. The van der Waals surface area contributed by atoms with Crippen LogP contribution < -0.4 is 0 Å². The molecule has 0 N–H and O–H groups in total. The normalized spacial score (nSPS) is 36.9. The summed E-state index contributed by atoms with van der Waals surface area (Å²) in [5.41, 5.74) is -2.44. The molecule has 16 rings (SSSR count). The molecule has 28 atom stereocenters. The SMILES string of the molecule is C.C.C.C.C.C.C.C.C.C.CCC(C)(C)C(=O)OC1(C)CC2CC1C1CCCC21.CCC(C)(C)C(=O)OC1(C)CC2CCC1C2.CCC(C)(C)C(=O)OC1(C)CCCC2CCCCC21.CCC(C)(C)C(=O)OC1(CC)CC2CCC1C2.CCC(C)C(=O)OC1(C)CC2CC1C1CCCC21.CCC(C)C(=O)OC1(C)CC2CCC1C2.CCC(C)C(=O)OC1(C)CCCC2CCCCC21. The minimum Gasteiger partial charge on any atom is -0.459 e. The van der Waals surface area contributed by atoms with Crippen molar-refractivity contribution in [3.63, 3.8) is 0 Å². The molecule has 14 heteroatoms. The fraction of sp³-hybridized carbons (Fsp3) is 0.941. The first kappa shape index (κ1) is 128. The van der Waals surface area contributed by atoms with Crippen molar-refractivity contribution in [3.8, 4) is 0 Å². The molecule has 0 aromatic rings. The maximum atomic E-state index is 12.4. The molecule has 16 aliphatic rings. The second-order valence-corrected chi connectivity index (χ2v) is 48.0. The van der Waals surface area contributed by atoms with E-state index in [1.807, 2.05) is 90.0 Å². The quantitative estimate of drug-likeness (QED) is 0.0736. The smallest absolute Gasteiger partial charge is 0.312 e. The fourth-order valence-corrected chi connectivity index (χ4v) is 27.6. The molecule has 14 nitrogen and oxygen atoms in total. The van der Waals surface area contributed by atoms with E-state index in [2.05, 4.69) is 83.1 Å². The molecule has 0 heterocycles. The van der Waals surface area contributed by atoms with E-state index < -0.39 is 0 Å². The first-order chi connectivity index (χ1) is 57.2. The van der Waals surface area contributed by atoms with Gasteiger partial charge in [-0.1, -0.05) is 202 Å². The molecule has 0 saturated heterocycles. The molecule has 16 saturated carbocycles. The van der Waals surface area contributed by atoms with Crippen LogP contribution in [0, 0.1) is 146 Å². The Labute approximate surface area is 818 Å². The van der Waals surface area contributed by atoms with E-state index in [0.29, 0.717) is 41.4 Å². The summed E-state index contributed by atoms with van der Waals surface area (Å²) in [4.78, 5) is 85.2. The lowest BCUT2D eigenvalue weighted by Crippen LogP contribution is -2.49. The van der Waals surface area contributed by atoms with Crippen molar-refractivity contribution in [1.82, 2.24) is 0 Å². The molecule has 0 aromatic carbocycles. The number of fused-ring (bicyclic) bond motifs is 18. The zero-order valence-electron chi connectivity index (χ0n) is 83.0. The van der Waals surface area contributed by atoms with Crippen LogP contribution in [0.2, 0.25) is 0 Å². The zero-order chi connectivity index (χ0) is 89.7. The summed E-state index contributed by atoms with van der Waals surface area (Å²) in [6.07, 6.45) is 53.1. The van der Waals surface area contributed by atoms with Crippen LogP contribution in [0.5, 0.6) is 0 Å². The van der Waals surface area contributed by atoms with Gasteiger partial charge in [-0.25, -0.2) is 0 Å². The lowest BCUT2D eigenvalue weighted by Gasteiger charge is -2.48. The number of esters is 7. The van der Waals surface area contributed by atoms with Gasteiger partial charge in [0, 0.05) is 23.7 Å². The van der Waals surface area contributed by atoms with E-state index in [0.717, 1.165) is 161 Å². The Morgan fingerprint density at radius 3 is 0.871 bits per heavy atom. The third-order valence-corrected chi connectivity index (χ3v) is 38.2. The Hall–Kier alpha value is -3.71. The number of ether oxygens (including phenoxy) is 7. The summed E-state index contributed by atoms with van der Waals surface area (Å²) in [6.45, 7) is 51.5. The van der Waals surface area contributed by atoms with Gasteiger partial charge in [0.1, 0.15) is 39.2 Å². The molecule has 28 unspecified atom stereocenters. The van der Waals surface area contributed by atoms with E-state index >= 15 is 0 Å². The van der Waals surface area contributed by atoms with Gasteiger partial charge in [-0.2, -0.15) is 0 Å². The Bertz CT molecular complexity index is 3480. The topological polar surface area (TPSA) is 184 Å². The van der Waals surface area contributed by atoms with Gasteiger partial charge >= 0.3 is 41.8 Å². The summed E-state index contributed by atoms with van der Waals surface area (Å²) >= 11 is 0. The lowest BCUT2D eigenvalue weighted by molar-refractivity contribution is -0.185. The van der Waals surface area contributed by atoms with E-state index in [1.165, 1.54) is 186 Å². The Kier molecular flexibility index (Phi) is 50.7. The van der Waals surface area contributed by atoms with Crippen LogP contribution in [0.1, 0.15) is 530 Å². The van der Waals surface area contributed by atoms with Gasteiger partial charge in [-0.15, -0.1) is 0 Å². The largest absolute Gasteiger partial charge is 0.459 e. The third kappa shape index (κ3) is 28.8. The number of hydrogen-bond donors (Lipinski definition) is 0. The summed E-state index contributed by atoms with van der Waals surface area (Å²) in [7, 11) is 0. The second-order valence-electron chi connectivity index (χ2n) is 48.0. The number of carbonyl (C=O) groups excluding carboxylic acids is 7. The second kappa shape index (κ2) is 52.2. The molecule has 780 valence electrons. The molecule has 132 heavy (non-hydrogen) atoms. The monoisotopic (exact) mass is 1870 g/mol. The van der Waals surface area contributed by atoms with Crippen molar-refractivity contribution >= 4 is 41.8 Å². The Morgan fingerprint density at radius 2 is 0.553 bits per heavy atom. The molecule has 0 radical (unpaired) electrons. The highest BCUT2D eigenvalue weighted by Crippen LogP contribution is 2.66. The Balaban J connectivity index is 0.00000150. The minimum atomic E-state index is -0.343. The van der Waals surface area contributed by atoms with E-state index in [4.69, 9.17) is 33.2 Å². The van der Waals surface area contributed by atoms with Crippen molar-refractivity contribution in [2.75, 3.05) is 0 Å². The van der Waals surface area contributed by atoms with Gasteiger partial charge in [0.15, 0.2) is 0 Å². The highest BCUT2D eigenvalue weighted by Gasteiger charge is 2.64. The van der Waals surface area contributed by atoms with Crippen molar-refractivity contribution in [2.24, 2.45) is 146 Å². The molecule has 16 fully saturated rings. The number of carbonyl (C=O) groups is 7. The summed E-state index contributed by atoms with van der Waals surface area (Å²) in [6, 6.07) is 0. The van der Waals surface area contributed by atoms with E-state index in [9.17, 15) is 33.6 Å². The van der Waals surface area contributed by atoms with E-state index in [1.54, 1.807) is 0 Å². The number of hydrogen-bond acceptors (Lipinski definition) is 14. The Morgan fingerprint density at radius 1 is 0.273 bits per heavy atom. The van der Waals surface area contributed by atoms with Gasteiger partial charge in [0.2, 0.25) is 0 Å². The van der Waals surface area contributed by atoms with Crippen LogP contribution in [-0.4, -0.2) is 81.0 Å². The highest BCUT2D eigenvalue weighted by molar-refractivity contribution is 5.78. The summed E-state index contributed by atoms with van der Waals surface area (Å²) in [5.74, 6) is 14.0. The van der Waals surface area contributed by atoms with Gasteiger partial charge in [0.05, 0.1) is 39.4 Å². The van der Waals surface area contributed by atoms with Gasteiger partial charge < -0.3 is 33.2 Å². The zero-order valence-corrected chi connectivity index (χ0v) is 83.0. The average molecular weight is 1870 g/mol. The van der Waals surface area contributed by atoms with Crippen LogP contribution >= 0.6 is 0 Å². The summed E-state index contributed by atoms with van der Waals surface area (Å²) < 4.78 is 41.6. The van der Waals surface area contributed by atoms with Crippen LogP contribution in [0.25, 0.3) is 0 Å². The highest BCUT2D eigenvalue weighted by atomic mass is 16.6. The fourth-order valence-electron chi connectivity index (χ4n) is 27.6. The van der Waals surface area contributed by atoms with Gasteiger partial charge in [-0.05, 0) is 411 Å². The van der Waals surface area contributed by atoms with E-state index in [-0.39, 0.29) is 195 Å². The van der Waals surface area contributed by atoms with Crippen molar-refractivity contribution in [1.29, 1.82) is 0 Å². The summed E-state index contributed by atoms with van der Waals surface area (Å²) in [5, 5.41) is 0. The molecular formula is C118H224O14.